The first-order chi connectivity index (χ1) is 15.2. The fourth-order valence-electron chi connectivity index (χ4n) is 5.15. The van der Waals surface area contributed by atoms with Crippen LogP contribution in [-0.4, -0.2) is 44.3 Å². The van der Waals surface area contributed by atoms with Crippen LogP contribution < -0.4 is 4.74 Å². The van der Waals surface area contributed by atoms with Gasteiger partial charge < -0.3 is 9.64 Å². The smallest absolute Gasteiger partial charge is 0.162 e. The van der Waals surface area contributed by atoms with Crippen LogP contribution in [0.3, 0.4) is 0 Å². The molecule has 156 valence electrons. The highest BCUT2D eigenvalue weighted by Crippen LogP contribution is 2.54. The summed E-state index contributed by atoms with van der Waals surface area (Å²) in [6.45, 7) is 5.84. The monoisotopic (exact) mass is 411 g/mol. The summed E-state index contributed by atoms with van der Waals surface area (Å²) in [6, 6.07) is 18.3. The lowest BCUT2D eigenvalue weighted by molar-refractivity contribution is -0.0878. The second-order valence-corrected chi connectivity index (χ2v) is 8.86. The third-order valence-electron chi connectivity index (χ3n) is 6.73. The molecule has 0 unspecified atom stereocenters. The molecule has 0 radical (unpaired) electrons. The van der Waals surface area contributed by atoms with Gasteiger partial charge in [0.1, 0.15) is 23.5 Å². The van der Waals surface area contributed by atoms with Crippen molar-refractivity contribution in [3.05, 3.63) is 67.1 Å². The van der Waals surface area contributed by atoms with E-state index < -0.39 is 0 Å². The van der Waals surface area contributed by atoms with Crippen LogP contribution in [0.1, 0.15) is 25.8 Å². The zero-order chi connectivity index (χ0) is 20.8. The first kappa shape index (κ1) is 18.5. The third-order valence-corrected chi connectivity index (χ3v) is 6.73. The Labute approximate surface area is 181 Å². The van der Waals surface area contributed by atoms with E-state index >= 15 is 0 Å². The van der Waals surface area contributed by atoms with E-state index in [4.69, 9.17) is 9.84 Å². The predicted molar refractivity (Wildman–Crippen MR) is 120 cm³/mol. The molecule has 1 aliphatic heterocycles. The van der Waals surface area contributed by atoms with Gasteiger partial charge in [-0.3, -0.25) is 0 Å². The molecule has 6 heteroatoms. The van der Waals surface area contributed by atoms with E-state index in [9.17, 15) is 0 Å². The Balaban J connectivity index is 1.27. The second kappa shape index (κ2) is 7.17. The molecule has 6 nitrogen and oxygen atoms in total. The lowest BCUT2D eigenvalue weighted by atomic mass is 9.60. The first-order valence-corrected chi connectivity index (χ1v) is 11.0. The number of hydrogen-bond acceptors (Lipinski definition) is 5. The molecule has 1 saturated heterocycles. The summed E-state index contributed by atoms with van der Waals surface area (Å²) in [6.07, 6.45) is 5.88. The minimum Gasteiger partial charge on any atom is -0.457 e. The van der Waals surface area contributed by atoms with E-state index in [2.05, 4.69) is 38.6 Å². The minimum absolute atomic E-state index is 0.422. The number of hydrogen-bond donors (Lipinski definition) is 0. The van der Waals surface area contributed by atoms with Gasteiger partial charge in [-0.15, -0.1) is 0 Å². The first-order valence-electron chi connectivity index (χ1n) is 11.0. The van der Waals surface area contributed by atoms with Gasteiger partial charge in [-0.1, -0.05) is 25.1 Å². The van der Waals surface area contributed by atoms with Gasteiger partial charge in [0.05, 0.1) is 11.4 Å². The summed E-state index contributed by atoms with van der Waals surface area (Å²) in [7, 11) is 0. The van der Waals surface area contributed by atoms with Crippen molar-refractivity contribution >= 4 is 11.0 Å². The maximum absolute atomic E-state index is 5.93. The van der Waals surface area contributed by atoms with Crippen LogP contribution in [0.15, 0.2) is 67.1 Å². The van der Waals surface area contributed by atoms with Crippen LogP contribution in [0.4, 0.5) is 0 Å². The average Bonchev–Trinajstić information content (AvgIpc) is 3.13. The van der Waals surface area contributed by atoms with Crippen molar-refractivity contribution in [1.29, 1.82) is 0 Å². The lowest BCUT2D eigenvalue weighted by Crippen LogP contribution is -2.62. The molecule has 2 aliphatic rings. The van der Waals surface area contributed by atoms with Gasteiger partial charge in [-0.2, -0.15) is 5.10 Å². The highest BCUT2D eigenvalue weighted by atomic mass is 16.5. The standard InChI is InChI=1S/C25H25N5O/c1-2-29-15-25(16-29)12-19(13-25)30-24-22(14-26-17-27-24)23(28-30)18-8-10-21(11-9-18)31-20-6-4-3-5-7-20/h3-11,14,17,19H,2,12-13,15-16H2,1H3. The Kier molecular flexibility index (Phi) is 4.28. The van der Waals surface area contributed by atoms with Crippen molar-refractivity contribution in [2.45, 2.75) is 25.8 Å². The van der Waals surface area contributed by atoms with Gasteiger partial charge in [-0.05, 0) is 61.2 Å². The zero-order valence-corrected chi connectivity index (χ0v) is 17.6. The molecule has 4 aromatic rings. The van der Waals surface area contributed by atoms with Crippen molar-refractivity contribution in [3.63, 3.8) is 0 Å². The normalized spacial score (nSPS) is 18.1. The summed E-state index contributed by atoms with van der Waals surface area (Å²) in [5.74, 6) is 1.64. The van der Waals surface area contributed by atoms with Crippen molar-refractivity contribution in [2.75, 3.05) is 19.6 Å². The molecule has 0 bridgehead atoms. The highest BCUT2D eigenvalue weighted by molar-refractivity contribution is 5.90. The number of para-hydroxylation sites is 1. The maximum Gasteiger partial charge on any atom is 0.162 e. The lowest BCUT2D eigenvalue weighted by Gasteiger charge is -2.59. The number of likely N-dealkylation sites (tertiary alicyclic amines) is 1. The molecule has 2 aromatic carbocycles. The molecule has 0 N–H and O–H groups in total. The molecule has 0 atom stereocenters. The van der Waals surface area contributed by atoms with Gasteiger partial charge in [-0.25, -0.2) is 14.6 Å². The second-order valence-electron chi connectivity index (χ2n) is 8.86. The molecule has 6 rings (SSSR count). The van der Waals surface area contributed by atoms with Crippen molar-refractivity contribution in [3.8, 4) is 22.8 Å². The fraction of sp³-hybridized carbons (Fsp3) is 0.320. The predicted octanol–water partition coefficient (Wildman–Crippen LogP) is 4.94. The van der Waals surface area contributed by atoms with E-state index in [-0.39, 0.29) is 0 Å². The zero-order valence-electron chi connectivity index (χ0n) is 17.6. The molecule has 2 aromatic heterocycles. The maximum atomic E-state index is 5.93. The van der Waals surface area contributed by atoms with E-state index in [0.717, 1.165) is 40.3 Å². The summed E-state index contributed by atoms with van der Waals surface area (Å²) < 4.78 is 8.07. The molecule has 3 heterocycles. The Morgan fingerprint density at radius 2 is 1.74 bits per heavy atom. The van der Waals surface area contributed by atoms with E-state index in [0.29, 0.717) is 11.5 Å². The number of ether oxygens (including phenoxy) is 1. The third kappa shape index (κ3) is 3.18. The molecule has 0 amide bonds. The van der Waals surface area contributed by atoms with Crippen molar-refractivity contribution in [2.24, 2.45) is 5.41 Å². The molecular formula is C25H25N5O. The number of rotatable bonds is 5. The van der Waals surface area contributed by atoms with E-state index in [1.54, 1.807) is 6.33 Å². The van der Waals surface area contributed by atoms with Gasteiger partial charge in [0, 0.05) is 24.8 Å². The quantitative estimate of drug-likeness (QED) is 0.465. The average molecular weight is 412 g/mol. The largest absolute Gasteiger partial charge is 0.457 e. The van der Waals surface area contributed by atoms with Crippen LogP contribution >= 0.6 is 0 Å². The van der Waals surface area contributed by atoms with Gasteiger partial charge in [0.15, 0.2) is 5.65 Å². The highest BCUT2D eigenvalue weighted by Gasteiger charge is 2.52. The van der Waals surface area contributed by atoms with Crippen LogP contribution in [0.5, 0.6) is 11.5 Å². The summed E-state index contributed by atoms with van der Waals surface area (Å²) >= 11 is 0. The van der Waals surface area contributed by atoms with E-state index in [1.165, 1.54) is 25.9 Å². The Morgan fingerprint density at radius 1 is 1.00 bits per heavy atom. The molecule has 1 spiro atoms. The summed E-state index contributed by atoms with van der Waals surface area (Å²) in [5.41, 5.74) is 3.42. The number of nitrogens with zero attached hydrogens (tertiary/aromatic N) is 5. The van der Waals surface area contributed by atoms with Gasteiger partial charge in [0.25, 0.3) is 0 Å². The molecule has 2 fully saturated rings. The van der Waals surface area contributed by atoms with Crippen LogP contribution in [0.25, 0.3) is 22.3 Å². The van der Waals surface area contributed by atoms with Crippen LogP contribution in [0.2, 0.25) is 0 Å². The molecular weight excluding hydrogens is 386 g/mol. The van der Waals surface area contributed by atoms with Crippen LogP contribution in [0, 0.1) is 5.41 Å². The molecule has 1 saturated carbocycles. The van der Waals surface area contributed by atoms with Crippen molar-refractivity contribution in [1.82, 2.24) is 24.6 Å². The number of benzene rings is 2. The van der Waals surface area contributed by atoms with Gasteiger partial charge >= 0.3 is 0 Å². The van der Waals surface area contributed by atoms with Crippen LogP contribution in [-0.2, 0) is 0 Å². The summed E-state index contributed by atoms with van der Waals surface area (Å²) in [5, 5.41) is 6.02. The Bertz CT molecular complexity index is 1200. The SMILES string of the molecule is CCN1CC2(CC(n3nc(-c4ccc(Oc5ccccc5)cc4)c4cncnc43)C2)C1. The van der Waals surface area contributed by atoms with Crippen molar-refractivity contribution < 1.29 is 4.74 Å². The number of fused-ring (bicyclic) bond motifs is 1. The molecule has 1 aliphatic carbocycles. The summed E-state index contributed by atoms with van der Waals surface area (Å²) in [4.78, 5) is 11.4. The van der Waals surface area contributed by atoms with E-state index in [1.807, 2.05) is 48.7 Å². The topological polar surface area (TPSA) is 56.1 Å². The van der Waals surface area contributed by atoms with Gasteiger partial charge in [0.2, 0.25) is 0 Å². The fourth-order valence-corrected chi connectivity index (χ4v) is 5.15. The Morgan fingerprint density at radius 3 is 2.48 bits per heavy atom. The minimum atomic E-state index is 0.422. The molecule has 31 heavy (non-hydrogen) atoms. The Hall–Kier alpha value is -3.25. The number of aromatic nitrogens is 4.